The molecule has 2 aromatic carbocycles. The molecule has 32 heavy (non-hydrogen) atoms. The molecule has 0 aliphatic heterocycles. The van der Waals surface area contributed by atoms with Gasteiger partial charge in [0.2, 0.25) is 5.88 Å². The molecule has 0 saturated heterocycles. The second-order valence-electron chi connectivity index (χ2n) is 6.17. The average molecular weight is 496 g/mol. The van der Waals surface area contributed by atoms with E-state index < -0.39 is 12.0 Å². The smallest absolute Gasteiger partial charge is 0.345 e. The second-order valence-corrected chi connectivity index (χ2v) is 7.42. The minimum absolute atomic E-state index is 0.00414. The van der Waals surface area contributed by atoms with Gasteiger partial charge in [0, 0.05) is 21.4 Å². The number of rotatable bonds is 7. The summed E-state index contributed by atoms with van der Waals surface area (Å²) in [5.74, 6) is -0.577. The molecule has 1 heterocycles. The largest absolute Gasteiger partial charge is 0.462 e. The van der Waals surface area contributed by atoms with E-state index in [0.717, 1.165) is 0 Å². The molecule has 8 nitrogen and oxygen atoms in total. The third-order valence-electron chi connectivity index (χ3n) is 3.91. The molecule has 3 N–H and O–H groups in total. The van der Waals surface area contributed by atoms with Crippen molar-refractivity contribution >= 4 is 70.3 Å². The number of hydrazone groups is 1. The number of amides is 2. The highest BCUT2D eigenvalue weighted by atomic mass is 35.5. The van der Waals surface area contributed by atoms with Crippen LogP contribution in [0.4, 0.5) is 22.1 Å². The van der Waals surface area contributed by atoms with Crippen LogP contribution in [0.25, 0.3) is 0 Å². The number of nitrogens with zero attached hydrogens (tertiary/aromatic N) is 1. The Bertz CT molecular complexity index is 1130. The second kappa shape index (κ2) is 10.9. The predicted molar refractivity (Wildman–Crippen MR) is 126 cm³/mol. The normalized spacial score (nSPS) is 10.8. The van der Waals surface area contributed by atoms with Gasteiger partial charge >= 0.3 is 12.0 Å². The van der Waals surface area contributed by atoms with E-state index in [1.54, 1.807) is 55.5 Å². The predicted octanol–water partition coefficient (Wildman–Crippen LogP) is 6.32. The summed E-state index contributed by atoms with van der Waals surface area (Å²) in [5, 5.41) is 10.4. The number of carbonyl (C=O) groups excluding carboxylic acids is 2. The van der Waals surface area contributed by atoms with E-state index in [9.17, 15) is 9.59 Å². The maximum atomic E-state index is 12.4. The number of benzene rings is 2. The molecule has 11 heteroatoms. The van der Waals surface area contributed by atoms with Gasteiger partial charge in [0.05, 0.1) is 12.8 Å². The number of hydrogen-bond acceptors (Lipinski definition) is 6. The summed E-state index contributed by atoms with van der Waals surface area (Å²) in [6.07, 6.45) is 1.17. The zero-order valence-corrected chi connectivity index (χ0v) is 18.9. The van der Waals surface area contributed by atoms with Crippen molar-refractivity contribution in [1.82, 2.24) is 5.43 Å². The fraction of sp³-hybridized carbons (Fsp3) is 0.0952. The van der Waals surface area contributed by atoms with E-state index in [1.165, 1.54) is 6.21 Å². The minimum atomic E-state index is -0.675. The van der Waals surface area contributed by atoms with Gasteiger partial charge in [-0.2, -0.15) is 5.10 Å². The fourth-order valence-electron chi connectivity index (χ4n) is 2.49. The zero-order valence-electron chi connectivity index (χ0n) is 16.6. The van der Waals surface area contributed by atoms with Crippen LogP contribution in [0, 0.1) is 0 Å². The van der Waals surface area contributed by atoms with E-state index in [4.69, 9.17) is 44.0 Å². The Hall–Kier alpha value is -3.20. The van der Waals surface area contributed by atoms with Crippen LogP contribution in [0.3, 0.4) is 0 Å². The molecule has 3 aromatic rings. The zero-order chi connectivity index (χ0) is 23.1. The van der Waals surface area contributed by atoms with Crippen LogP contribution in [-0.2, 0) is 4.74 Å². The summed E-state index contributed by atoms with van der Waals surface area (Å²) in [6.45, 7) is 1.82. The van der Waals surface area contributed by atoms with Gasteiger partial charge in [-0.25, -0.2) is 15.0 Å². The van der Waals surface area contributed by atoms with Gasteiger partial charge in [-0.05, 0) is 55.5 Å². The van der Waals surface area contributed by atoms with Crippen LogP contribution in [0.2, 0.25) is 15.1 Å². The van der Waals surface area contributed by atoms with Gasteiger partial charge in [-0.15, -0.1) is 0 Å². The maximum absolute atomic E-state index is 12.4. The summed E-state index contributed by atoms with van der Waals surface area (Å²) in [6, 6.07) is 12.7. The number of ether oxygens (including phenoxy) is 1. The first-order valence-corrected chi connectivity index (χ1v) is 10.4. The third-order valence-corrected chi connectivity index (χ3v) is 4.79. The summed E-state index contributed by atoms with van der Waals surface area (Å²) >= 11 is 18.0. The van der Waals surface area contributed by atoms with Crippen molar-refractivity contribution in [3.8, 4) is 0 Å². The molecular weight excluding hydrogens is 479 g/mol. The molecule has 3 rings (SSSR count). The molecule has 0 saturated carbocycles. The number of nitrogens with one attached hydrogen (secondary N) is 3. The topological polar surface area (TPSA) is 105 Å². The Kier molecular flexibility index (Phi) is 7.99. The van der Waals surface area contributed by atoms with E-state index in [-0.39, 0.29) is 28.8 Å². The minimum Gasteiger partial charge on any atom is -0.462 e. The van der Waals surface area contributed by atoms with Crippen molar-refractivity contribution in [2.24, 2.45) is 5.10 Å². The Labute approximate surface area is 198 Å². The van der Waals surface area contributed by atoms with Crippen LogP contribution in [-0.4, -0.2) is 24.8 Å². The van der Waals surface area contributed by atoms with Crippen LogP contribution in [0.5, 0.6) is 0 Å². The lowest BCUT2D eigenvalue weighted by Gasteiger charge is -2.06. The lowest BCUT2D eigenvalue weighted by Crippen LogP contribution is -2.24. The summed E-state index contributed by atoms with van der Waals surface area (Å²) in [7, 11) is 0. The quantitative estimate of drug-likeness (QED) is 0.202. The van der Waals surface area contributed by atoms with Gasteiger partial charge in [0.15, 0.2) is 5.76 Å². The number of anilines is 3. The molecule has 166 valence electrons. The number of esters is 1. The molecule has 0 aliphatic rings. The van der Waals surface area contributed by atoms with Gasteiger partial charge < -0.3 is 19.8 Å². The standard InChI is InChI=1S/C21H17Cl3N4O4/c1-2-31-20(29)17-18(24)16(32-19(17)26-14-7-3-12(22)4-8-14)11-25-28-21(30)27-15-9-5-13(23)6-10-15/h3-11,26H,2H2,1H3,(H2,27,28,30)/b25-11-. The van der Waals surface area contributed by atoms with Crippen molar-refractivity contribution < 1.29 is 18.7 Å². The number of halogens is 3. The van der Waals surface area contributed by atoms with Crippen molar-refractivity contribution in [2.45, 2.75) is 6.92 Å². The number of urea groups is 1. The molecule has 1 aromatic heterocycles. The fourth-order valence-corrected chi connectivity index (χ4v) is 2.99. The van der Waals surface area contributed by atoms with Crippen LogP contribution in [0.15, 0.2) is 58.0 Å². The van der Waals surface area contributed by atoms with Crippen LogP contribution in [0.1, 0.15) is 23.0 Å². The third kappa shape index (κ3) is 6.16. The molecular formula is C21H17Cl3N4O4. The molecule has 2 amide bonds. The van der Waals surface area contributed by atoms with E-state index in [0.29, 0.717) is 21.4 Å². The highest BCUT2D eigenvalue weighted by Gasteiger charge is 2.25. The molecule has 0 bridgehead atoms. The summed E-state index contributed by atoms with van der Waals surface area (Å²) in [5.41, 5.74) is 3.40. The van der Waals surface area contributed by atoms with E-state index in [2.05, 4.69) is 21.2 Å². The first-order valence-electron chi connectivity index (χ1n) is 9.25. The van der Waals surface area contributed by atoms with Gasteiger partial charge in [0.1, 0.15) is 10.6 Å². The summed E-state index contributed by atoms with van der Waals surface area (Å²) in [4.78, 5) is 24.4. The number of furan rings is 1. The monoisotopic (exact) mass is 494 g/mol. The van der Waals surface area contributed by atoms with Gasteiger partial charge in [-0.3, -0.25) is 0 Å². The highest BCUT2D eigenvalue weighted by molar-refractivity contribution is 6.36. The van der Waals surface area contributed by atoms with Crippen molar-refractivity contribution in [3.05, 3.63) is 74.9 Å². The molecule has 0 unspecified atom stereocenters. The first-order chi connectivity index (χ1) is 15.4. The Morgan fingerprint density at radius 3 is 2.19 bits per heavy atom. The van der Waals surface area contributed by atoms with Gasteiger partial charge in [0.25, 0.3) is 0 Å². The molecule has 0 radical (unpaired) electrons. The number of carbonyl (C=O) groups is 2. The molecule has 0 fully saturated rings. The van der Waals surface area contributed by atoms with Gasteiger partial charge in [-0.1, -0.05) is 34.8 Å². The number of hydrogen-bond donors (Lipinski definition) is 3. The highest BCUT2D eigenvalue weighted by Crippen LogP contribution is 2.34. The van der Waals surface area contributed by atoms with Crippen molar-refractivity contribution in [3.63, 3.8) is 0 Å². The molecule has 0 aliphatic carbocycles. The van der Waals surface area contributed by atoms with Crippen molar-refractivity contribution in [2.75, 3.05) is 17.2 Å². The SMILES string of the molecule is CCOC(=O)c1c(Nc2ccc(Cl)cc2)oc(/C=N\NC(=O)Nc2ccc(Cl)cc2)c1Cl. The summed E-state index contributed by atoms with van der Waals surface area (Å²) < 4.78 is 10.7. The maximum Gasteiger partial charge on any atom is 0.345 e. The lowest BCUT2D eigenvalue weighted by atomic mass is 10.2. The van der Waals surface area contributed by atoms with E-state index in [1.807, 2.05) is 0 Å². The lowest BCUT2D eigenvalue weighted by molar-refractivity contribution is 0.0527. The molecule has 0 atom stereocenters. The van der Waals surface area contributed by atoms with Crippen molar-refractivity contribution in [1.29, 1.82) is 0 Å². The molecule has 0 spiro atoms. The van der Waals surface area contributed by atoms with E-state index >= 15 is 0 Å². The van der Waals surface area contributed by atoms with Crippen LogP contribution < -0.4 is 16.1 Å². The Morgan fingerprint density at radius 2 is 1.59 bits per heavy atom. The Morgan fingerprint density at radius 1 is 1.00 bits per heavy atom. The average Bonchev–Trinajstić information content (AvgIpc) is 3.06. The first kappa shape index (κ1) is 23.5. The Balaban J connectivity index is 1.76. The van der Waals surface area contributed by atoms with Crippen LogP contribution >= 0.6 is 34.8 Å².